The van der Waals surface area contributed by atoms with Gasteiger partial charge in [0.1, 0.15) is 5.75 Å². The molecule has 2 aromatic rings. The number of H-pyrrole nitrogens is 1. The van der Waals surface area contributed by atoms with E-state index in [0.717, 1.165) is 25.1 Å². The van der Waals surface area contributed by atoms with Crippen molar-refractivity contribution in [1.82, 2.24) is 15.3 Å². The molecule has 4 heteroatoms. The van der Waals surface area contributed by atoms with Gasteiger partial charge in [-0.05, 0) is 31.0 Å². The summed E-state index contributed by atoms with van der Waals surface area (Å²) in [5, 5.41) is 12.9. The van der Waals surface area contributed by atoms with E-state index in [4.69, 9.17) is 0 Å². The van der Waals surface area contributed by atoms with Gasteiger partial charge in [0, 0.05) is 18.7 Å². The van der Waals surface area contributed by atoms with Gasteiger partial charge in [-0.2, -0.15) is 0 Å². The largest absolute Gasteiger partial charge is 0.508 e. The fourth-order valence-corrected chi connectivity index (χ4v) is 2.70. The lowest BCUT2D eigenvalue weighted by Gasteiger charge is -2.34. The number of imidazole rings is 1. The molecule has 3 N–H and O–H groups in total. The molecule has 0 spiro atoms. The number of hydrogen-bond donors (Lipinski definition) is 3. The van der Waals surface area contributed by atoms with Crippen LogP contribution in [-0.2, 0) is 18.4 Å². The molecular formula is C14H17N3O. The molecule has 0 saturated carbocycles. The predicted octanol–water partition coefficient (Wildman–Crippen LogP) is 1.72. The van der Waals surface area contributed by atoms with Crippen LogP contribution >= 0.6 is 0 Å². The summed E-state index contributed by atoms with van der Waals surface area (Å²) >= 11 is 0. The predicted molar refractivity (Wildman–Crippen MR) is 69.5 cm³/mol. The van der Waals surface area contributed by atoms with Crippen LogP contribution in [0.3, 0.4) is 0 Å². The number of aromatic hydroxyl groups is 1. The molecule has 1 aromatic carbocycles. The molecule has 0 amide bonds. The number of aromatic amines is 1. The molecule has 0 unspecified atom stereocenters. The molecule has 0 fully saturated rings. The topological polar surface area (TPSA) is 60.9 Å². The zero-order chi connectivity index (χ0) is 12.6. The van der Waals surface area contributed by atoms with Gasteiger partial charge in [-0.15, -0.1) is 0 Å². The molecule has 0 radical (unpaired) electrons. The van der Waals surface area contributed by atoms with E-state index < -0.39 is 0 Å². The maximum Gasteiger partial charge on any atom is 0.115 e. The Labute approximate surface area is 106 Å². The standard InChI is InChI=1S/C14H17N3O/c1-14(8-10-2-4-11(18)5-3-10)13-12(6-7-17-14)15-9-16-13/h2-5,9,17-18H,6-8H2,1H3,(H,15,16)/t14-/m1/s1. The first-order valence-corrected chi connectivity index (χ1v) is 6.23. The van der Waals surface area contributed by atoms with Gasteiger partial charge in [-0.25, -0.2) is 4.98 Å². The summed E-state index contributed by atoms with van der Waals surface area (Å²) in [6.07, 6.45) is 3.64. The summed E-state index contributed by atoms with van der Waals surface area (Å²) in [6, 6.07) is 7.38. The number of hydrogen-bond acceptors (Lipinski definition) is 3. The Morgan fingerprint density at radius 2 is 2.11 bits per heavy atom. The zero-order valence-corrected chi connectivity index (χ0v) is 10.4. The number of rotatable bonds is 2. The van der Waals surface area contributed by atoms with Crippen molar-refractivity contribution in [3.8, 4) is 5.75 Å². The first-order valence-electron chi connectivity index (χ1n) is 6.23. The lowest BCUT2D eigenvalue weighted by atomic mass is 9.85. The first kappa shape index (κ1) is 11.3. The van der Waals surface area contributed by atoms with Crippen LogP contribution in [0.4, 0.5) is 0 Å². The fraction of sp³-hybridized carbons (Fsp3) is 0.357. The van der Waals surface area contributed by atoms with Crippen molar-refractivity contribution in [2.75, 3.05) is 6.54 Å². The van der Waals surface area contributed by atoms with Crippen LogP contribution in [0.1, 0.15) is 23.9 Å². The van der Waals surface area contributed by atoms with E-state index in [1.54, 1.807) is 18.5 Å². The fourth-order valence-electron chi connectivity index (χ4n) is 2.70. The molecule has 0 saturated heterocycles. The maximum atomic E-state index is 9.32. The van der Waals surface area contributed by atoms with Crippen molar-refractivity contribution in [3.05, 3.63) is 47.5 Å². The Hall–Kier alpha value is -1.81. The van der Waals surface area contributed by atoms with E-state index in [0.29, 0.717) is 5.75 Å². The minimum absolute atomic E-state index is 0.134. The average Bonchev–Trinajstić information content (AvgIpc) is 2.82. The van der Waals surface area contributed by atoms with Gasteiger partial charge in [-0.1, -0.05) is 12.1 Å². The third kappa shape index (κ3) is 1.88. The highest BCUT2D eigenvalue weighted by Gasteiger charge is 2.34. The molecule has 18 heavy (non-hydrogen) atoms. The molecule has 1 aromatic heterocycles. The normalized spacial score (nSPS) is 22.7. The third-order valence-electron chi connectivity index (χ3n) is 3.63. The monoisotopic (exact) mass is 243 g/mol. The van der Waals surface area contributed by atoms with Gasteiger partial charge in [0.25, 0.3) is 0 Å². The van der Waals surface area contributed by atoms with E-state index >= 15 is 0 Å². The van der Waals surface area contributed by atoms with Crippen LogP contribution < -0.4 is 5.32 Å². The summed E-state index contributed by atoms with van der Waals surface area (Å²) in [6.45, 7) is 3.14. The highest BCUT2D eigenvalue weighted by molar-refractivity contribution is 5.31. The van der Waals surface area contributed by atoms with E-state index in [1.807, 2.05) is 12.1 Å². The van der Waals surface area contributed by atoms with Crippen molar-refractivity contribution in [3.63, 3.8) is 0 Å². The molecular weight excluding hydrogens is 226 g/mol. The number of phenols is 1. The minimum atomic E-state index is -0.134. The zero-order valence-electron chi connectivity index (χ0n) is 10.4. The molecule has 94 valence electrons. The van der Waals surface area contributed by atoms with Crippen LogP contribution in [-0.4, -0.2) is 21.6 Å². The van der Waals surface area contributed by atoms with Crippen LogP contribution in [0.15, 0.2) is 30.6 Å². The van der Waals surface area contributed by atoms with Gasteiger partial charge in [0.05, 0.1) is 17.6 Å². The van der Waals surface area contributed by atoms with Crippen molar-refractivity contribution in [2.24, 2.45) is 0 Å². The Morgan fingerprint density at radius 3 is 2.89 bits per heavy atom. The second-order valence-corrected chi connectivity index (χ2v) is 5.08. The second kappa shape index (κ2) is 4.14. The number of fused-ring (bicyclic) bond motifs is 1. The van der Waals surface area contributed by atoms with E-state index in [-0.39, 0.29) is 5.54 Å². The van der Waals surface area contributed by atoms with Gasteiger partial charge >= 0.3 is 0 Å². The highest BCUT2D eigenvalue weighted by Crippen LogP contribution is 2.29. The van der Waals surface area contributed by atoms with Gasteiger partial charge in [0.2, 0.25) is 0 Å². The van der Waals surface area contributed by atoms with Gasteiger partial charge < -0.3 is 15.4 Å². The maximum absolute atomic E-state index is 9.32. The number of nitrogens with zero attached hydrogens (tertiary/aromatic N) is 1. The summed E-state index contributed by atoms with van der Waals surface area (Å²) in [4.78, 5) is 7.67. The molecule has 1 aliphatic heterocycles. The number of aromatic nitrogens is 2. The van der Waals surface area contributed by atoms with Crippen molar-refractivity contribution >= 4 is 0 Å². The van der Waals surface area contributed by atoms with Gasteiger partial charge in [-0.3, -0.25) is 0 Å². The van der Waals surface area contributed by atoms with Crippen molar-refractivity contribution in [1.29, 1.82) is 0 Å². The van der Waals surface area contributed by atoms with E-state index in [9.17, 15) is 5.11 Å². The summed E-state index contributed by atoms with van der Waals surface area (Å²) < 4.78 is 0. The molecule has 4 nitrogen and oxygen atoms in total. The smallest absolute Gasteiger partial charge is 0.115 e. The van der Waals surface area contributed by atoms with Crippen LogP contribution in [0.25, 0.3) is 0 Å². The highest BCUT2D eigenvalue weighted by atomic mass is 16.3. The lowest BCUT2D eigenvalue weighted by molar-refractivity contribution is 0.335. The second-order valence-electron chi connectivity index (χ2n) is 5.08. The quantitative estimate of drug-likeness (QED) is 0.752. The molecule has 0 bridgehead atoms. The van der Waals surface area contributed by atoms with Crippen LogP contribution in [0, 0.1) is 0 Å². The number of benzene rings is 1. The summed E-state index contributed by atoms with van der Waals surface area (Å²) in [5.41, 5.74) is 3.40. The van der Waals surface area contributed by atoms with E-state index in [2.05, 4.69) is 22.2 Å². The Bertz CT molecular complexity index is 546. The van der Waals surface area contributed by atoms with Gasteiger partial charge in [0.15, 0.2) is 0 Å². The van der Waals surface area contributed by atoms with Crippen molar-refractivity contribution in [2.45, 2.75) is 25.3 Å². The SMILES string of the molecule is C[C@]1(Cc2ccc(O)cc2)NCCc2[nH]cnc21. The number of nitrogens with one attached hydrogen (secondary N) is 2. The van der Waals surface area contributed by atoms with Crippen LogP contribution in [0.2, 0.25) is 0 Å². The Kier molecular flexibility index (Phi) is 2.59. The minimum Gasteiger partial charge on any atom is -0.508 e. The lowest BCUT2D eigenvalue weighted by Crippen LogP contribution is -2.46. The van der Waals surface area contributed by atoms with Crippen LogP contribution in [0.5, 0.6) is 5.75 Å². The summed E-state index contributed by atoms with van der Waals surface area (Å²) in [5.74, 6) is 0.306. The third-order valence-corrected chi connectivity index (χ3v) is 3.63. The Morgan fingerprint density at radius 1 is 1.33 bits per heavy atom. The summed E-state index contributed by atoms with van der Waals surface area (Å²) in [7, 11) is 0. The molecule has 0 aliphatic carbocycles. The molecule has 2 heterocycles. The molecule has 1 atom stereocenters. The Balaban J connectivity index is 1.91. The molecule has 1 aliphatic rings. The van der Waals surface area contributed by atoms with E-state index in [1.165, 1.54) is 11.3 Å². The number of phenolic OH excluding ortho intramolecular Hbond substituents is 1. The first-order chi connectivity index (χ1) is 8.67. The molecule has 3 rings (SSSR count). The average molecular weight is 243 g/mol. The van der Waals surface area contributed by atoms with Crippen molar-refractivity contribution < 1.29 is 5.11 Å².